The van der Waals surface area contributed by atoms with Crippen LogP contribution in [0.15, 0.2) is 0 Å². The molecule has 0 aromatic heterocycles. The Hall–Kier alpha value is -0.143. The van der Waals surface area contributed by atoms with E-state index in [-0.39, 0.29) is 0 Å². The van der Waals surface area contributed by atoms with Gasteiger partial charge in [-0.1, -0.05) is 0 Å². The first-order valence-electron chi connectivity index (χ1n) is 5.82. The van der Waals surface area contributed by atoms with Gasteiger partial charge in [-0.25, -0.2) is 5.41 Å². The van der Waals surface area contributed by atoms with Crippen LogP contribution < -0.4 is 5.73 Å². The van der Waals surface area contributed by atoms with Gasteiger partial charge in [0.2, 0.25) is 0 Å². The first-order valence-corrected chi connectivity index (χ1v) is 8.16. The van der Waals surface area contributed by atoms with Crippen LogP contribution >= 0.6 is 12.2 Å². The summed E-state index contributed by atoms with van der Waals surface area (Å²) < 4.78 is 17.0. The molecule has 0 aliphatic carbocycles. The maximum Gasteiger partial charge on any atom is 0.500 e. The molecule has 7 heteroatoms. The molecule has 0 rings (SSSR count). The van der Waals surface area contributed by atoms with E-state index in [1.807, 2.05) is 20.8 Å². The molecule has 0 radical (unpaired) electrons. The molecule has 0 unspecified atom stereocenters. The van der Waals surface area contributed by atoms with Crippen LogP contribution in [0.25, 0.3) is 0 Å². The van der Waals surface area contributed by atoms with Crippen molar-refractivity contribution in [2.75, 3.05) is 26.4 Å². The molecule has 102 valence electrons. The summed E-state index contributed by atoms with van der Waals surface area (Å²) in [5, 5.41) is 7.36. The normalized spacial score (nSPS) is 10.4. The first-order chi connectivity index (χ1) is 8.16. The molecule has 0 atom stereocenters. The van der Waals surface area contributed by atoms with Gasteiger partial charge in [0.25, 0.3) is 0 Å². The summed E-state index contributed by atoms with van der Waals surface area (Å²) in [4.78, 5) is 0. The van der Waals surface area contributed by atoms with Crippen molar-refractivity contribution in [2.24, 2.45) is 5.73 Å². The van der Waals surface area contributed by atoms with Crippen molar-refractivity contribution < 1.29 is 13.3 Å². The van der Waals surface area contributed by atoms with E-state index in [4.69, 9.17) is 24.4 Å². The van der Waals surface area contributed by atoms with Gasteiger partial charge in [-0.3, -0.25) is 0 Å². The highest BCUT2D eigenvalue weighted by Gasteiger charge is 2.39. The summed E-state index contributed by atoms with van der Waals surface area (Å²) in [7, 11) is -2.40. The lowest BCUT2D eigenvalue weighted by atomic mass is 10.5. The fraction of sp³-hybridized carbons (Fsp3) is 0.900. The first kappa shape index (κ1) is 19.2. The van der Waals surface area contributed by atoms with Gasteiger partial charge in [-0.05, 0) is 46.0 Å². The quantitative estimate of drug-likeness (QED) is 0.384. The standard InChI is InChI=1S/C9H23NO3Si.CHNS/c1-4-11-14(12-5-2,13-6-3)9-7-8-10;2-1-3/h4-10H2,1-3H3;2H. The lowest BCUT2D eigenvalue weighted by Gasteiger charge is -2.28. The zero-order chi connectivity index (χ0) is 13.6. The molecule has 0 aromatic carbocycles. The number of thiocarbonyl (C=S) groups is 1. The van der Waals surface area contributed by atoms with Gasteiger partial charge in [0.1, 0.15) is 0 Å². The molecule has 0 aliphatic heterocycles. The zero-order valence-corrected chi connectivity index (χ0v) is 12.8. The fourth-order valence-corrected chi connectivity index (χ4v) is 3.96. The minimum atomic E-state index is -2.40. The topological polar surface area (TPSA) is 77.6 Å². The van der Waals surface area contributed by atoms with Crippen molar-refractivity contribution in [3.8, 4) is 0 Å². The second kappa shape index (κ2) is 13.9. The molecule has 0 heterocycles. The summed E-state index contributed by atoms with van der Waals surface area (Å²) in [5.41, 5.74) is 5.48. The second-order valence-corrected chi connectivity index (χ2v) is 5.91. The highest BCUT2D eigenvalue weighted by Crippen LogP contribution is 2.17. The van der Waals surface area contributed by atoms with Crippen molar-refractivity contribution in [3.05, 3.63) is 0 Å². The van der Waals surface area contributed by atoms with Crippen LogP contribution in [-0.2, 0) is 13.3 Å². The van der Waals surface area contributed by atoms with Crippen molar-refractivity contribution >= 4 is 26.2 Å². The van der Waals surface area contributed by atoms with Crippen molar-refractivity contribution in [1.82, 2.24) is 0 Å². The van der Waals surface area contributed by atoms with Crippen molar-refractivity contribution in [2.45, 2.75) is 33.2 Å². The Kier molecular flexibility index (Phi) is 15.7. The predicted octanol–water partition coefficient (Wildman–Crippen LogP) is 2.05. The van der Waals surface area contributed by atoms with E-state index in [1.54, 1.807) is 5.16 Å². The molecule has 0 saturated heterocycles. The Morgan fingerprint density at radius 3 is 1.71 bits per heavy atom. The summed E-state index contributed by atoms with van der Waals surface area (Å²) in [6.45, 7) is 8.44. The minimum Gasteiger partial charge on any atom is -0.374 e. The SMILES string of the molecule is CCO[Si](CCCN)(OCC)OCC.N=C=S. The van der Waals surface area contributed by atoms with Crippen LogP contribution in [0.5, 0.6) is 0 Å². The van der Waals surface area contributed by atoms with Gasteiger partial charge >= 0.3 is 8.80 Å². The van der Waals surface area contributed by atoms with Crippen LogP contribution in [-0.4, -0.2) is 40.3 Å². The number of rotatable bonds is 9. The van der Waals surface area contributed by atoms with Gasteiger partial charge in [-0.2, -0.15) is 0 Å². The molecular formula is C10H24N2O3SSi. The average Bonchev–Trinajstić information content (AvgIpc) is 2.29. The highest BCUT2D eigenvalue weighted by atomic mass is 32.1. The maximum absolute atomic E-state index is 5.77. The van der Waals surface area contributed by atoms with Crippen LogP contribution in [0.3, 0.4) is 0 Å². The Labute approximate surface area is 111 Å². The smallest absolute Gasteiger partial charge is 0.374 e. The Balaban J connectivity index is 0. The molecule has 0 fully saturated rings. The van der Waals surface area contributed by atoms with Crippen LogP contribution in [0.1, 0.15) is 27.2 Å². The molecule has 17 heavy (non-hydrogen) atoms. The molecule has 3 N–H and O–H groups in total. The Morgan fingerprint density at radius 2 is 1.47 bits per heavy atom. The molecule has 0 aliphatic rings. The maximum atomic E-state index is 5.77. The van der Waals surface area contributed by atoms with Gasteiger partial charge in [0.05, 0.1) is 5.16 Å². The monoisotopic (exact) mass is 280 g/mol. The average molecular weight is 280 g/mol. The molecular weight excluding hydrogens is 256 g/mol. The molecule has 5 nitrogen and oxygen atoms in total. The number of hydrogen-bond donors (Lipinski definition) is 2. The van der Waals surface area contributed by atoms with Gasteiger partial charge in [0.15, 0.2) is 0 Å². The molecule has 0 amide bonds. The Bertz CT molecular complexity index is 185. The van der Waals surface area contributed by atoms with Crippen LogP contribution in [0.4, 0.5) is 0 Å². The third-order valence-electron chi connectivity index (χ3n) is 1.78. The van der Waals surface area contributed by atoms with E-state index < -0.39 is 8.80 Å². The molecule has 0 saturated carbocycles. The summed E-state index contributed by atoms with van der Waals surface area (Å²) in [5.74, 6) is 0. The van der Waals surface area contributed by atoms with E-state index in [1.165, 1.54) is 0 Å². The molecule has 0 aromatic rings. The van der Waals surface area contributed by atoms with E-state index in [9.17, 15) is 0 Å². The van der Waals surface area contributed by atoms with Crippen molar-refractivity contribution in [1.29, 1.82) is 5.41 Å². The van der Waals surface area contributed by atoms with E-state index in [0.29, 0.717) is 26.4 Å². The second-order valence-electron chi connectivity index (χ2n) is 2.98. The summed E-state index contributed by atoms with van der Waals surface area (Å²) >= 11 is 3.81. The van der Waals surface area contributed by atoms with Crippen molar-refractivity contribution in [3.63, 3.8) is 0 Å². The summed E-state index contributed by atoms with van der Waals surface area (Å²) in [6, 6.07) is 0.818. The number of nitrogens with two attached hydrogens (primary N) is 1. The third-order valence-corrected chi connectivity index (χ3v) is 4.93. The zero-order valence-electron chi connectivity index (χ0n) is 11.0. The number of isothiocyanates is 1. The summed E-state index contributed by atoms with van der Waals surface area (Å²) in [6.07, 6.45) is 0.895. The fourth-order valence-electron chi connectivity index (χ4n) is 1.32. The predicted molar refractivity (Wildman–Crippen MR) is 74.4 cm³/mol. The Morgan fingerprint density at radius 1 is 1.12 bits per heavy atom. The number of hydrogen-bond acceptors (Lipinski definition) is 6. The third kappa shape index (κ3) is 10.7. The number of nitrogens with one attached hydrogen (secondary N) is 1. The lowest BCUT2D eigenvalue weighted by molar-refractivity contribution is 0.0710. The molecule has 0 bridgehead atoms. The van der Waals surface area contributed by atoms with E-state index >= 15 is 0 Å². The lowest BCUT2D eigenvalue weighted by Crippen LogP contribution is -2.46. The van der Waals surface area contributed by atoms with E-state index in [0.717, 1.165) is 12.5 Å². The van der Waals surface area contributed by atoms with Crippen LogP contribution in [0, 0.1) is 5.41 Å². The molecule has 0 spiro atoms. The minimum absolute atomic E-state index is 0.636. The van der Waals surface area contributed by atoms with Crippen LogP contribution in [0.2, 0.25) is 6.04 Å². The van der Waals surface area contributed by atoms with E-state index in [2.05, 4.69) is 12.2 Å². The largest absolute Gasteiger partial charge is 0.500 e. The highest BCUT2D eigenvalue weighted by molar-refractivity contribution is 7.78. The van der Waals surface area contributed by atoms with Gasteiger partial charge in [0, 0.05) is 25.9 Å². The van der Waals surface area contributed by atoms with Gasteiger partial charge < -0.3 is 19.0 Å². The van der Waals surface area contributed by atoms with Gasteiger partial charge in [-0.15, -0.1) is 0 Å².